The number of nitrogen functional groups attached to an aromatic ring is 1. The lowest BCUT2D eigenvalue weighted by Crippen LogP contribution is -2.21. The Bertz CT molecular complexity index is 393. The van der Waals surface area contributed by atoms with Gasteiger partial charge in [-0.15, -0.1) is 0 Å². The van der Waals surface area contributed by atoms with Crippen molar-refractivity contribution in [3.05, 3.63) is 22.7 Å². The molecule has 0 aromatic heterocycles. The van der Waals surface area contributed by atoms with E-state index in [1.165, 1.54) is 38.0 Å². The van der Waals surface area contributed by atoms with Crippen LogP contribution in [0.2, 0.25) is 0 Å². The monoisotopic (exact) mass is 280 g/mol. The number of halogens is 1. The Labute approximate surface area is 105 Å². The Kier molecular flexibility index (Phi) is 2.58. The average molecular weight is 281 g/mol. The number of anilines is 2. The molecule has 2 fully saturated rings. The van der Waals surface area contributed by atoms with Crippen molar-refractivity contribution < 1.29 is 0 Å². The van der Waals surface area contributed by atoms with E-state index in [1.54, 1.807) is 0 Å². The summed E-state index contributed by atoms with van der Waals surface area (Å²) in [4.78, 5) is 2.47. The van der Waals surface area contributed by atoms with E-state index in [9.17, 15) is 0 Å². The summed E-state index contributed by atoms with van der Waals surface area (Å²) in [6, 6.07) is 6.23. The number of nitrogens with zero attached hydrogens (tertiary/aromatic N) is 1. The van der Waals surface area contributed by atoms with Crippen LogP contribution in [0.3, 0.4) is 0 Å². The van der Waals surface area contributed by atoms with Gasteiger partial charge in [0.15, 0.2) is 0 Å². The third-order valence-corrected chi connectivity index (χ3v) is 4.55. The minimum Gasteiger partial charge on any atom is -0.397 e. The van der Waals surface area contributed by atoms with Crippen LogP contribution in [0.4, 0.5) is 11.4 Å². The first-order valence-electron chi connectivity index (χ1n) is 6.04. The van der Waals surface area contributed by atoms with Crippen molar-refractivity contribution >= 4 is 27.3 Å². The maximum Gasteiger partial charge on any atom is 0.0600 e. The van der Waals surface area contributed by atoms with Gasteiger partial charge in [0.05, 0.1) is 11.4 Å². The topological polar surface area (TPSA) is 29.3 Å². The summed E-state index contributed by atoms with van der Waals surface area (Å²) in [6.07, 6.45) is 4.26. The molecule has 1 saturated carbocycles. The van der Waals surface area contributed by atoms with Gasteiger partial charge in [-0.3, -0.25) is 0 Å². The minimum atomic E-state index is 0.898. The molecule has 0 spiro atoms. The molecule has 0 radical (unpaired) electrons. The molecule has 1 saturated heterocycles. The van der Waals surface area contributed by atoms with Crippen LogP contribution >= 0.6 is 15.9 Å². The van der Waals surface area contributed by atoms with Crippen LogP contribution in [-0.2, 0) is 0 Å². The zero-order valence-corrected chi connectivity index (χ0v) is 10.9. The molecule has 0 amide bonds. The highest BCUT2D eigenvalue weighted by Crippen LogP contribution is 2.41. The minimum absolute atomic E-state index is 0.898. The second-order valence-electron chi connectivity index (χ2n) is 5.06. The summed E-state index contributed by atoms with van der Waals surface area (Å²) >= 11 is 3.45. The van der Waals surface area contributed by atoms with E-state index < -0.39 is 0 Å². The summed E-state index contributed by atoms with van der Waals surface area (Å²) in [7, 11) is 0. The van der Waals surface area contributed by atoms with Gasteiger partial charge in [-0.1, -0.05) is 22.4 Å². The maximum atomic E-state index is 6.08. The molecule has 16 heavy (non-hydrogen) atoms. The van der Waals surface area contributed by atoms with Gasteiger partial charge < -0.3 is 10.6 Å². The van der Waals surface area contributed by atoms with E-state index in [2.05, 4.69) is 33.0 Å². The summed E-state index contributed by atoms with van der Waals surface area (Å²) < 4.78 is 1.06. The van der Waals surface area contributed by atoms with Crippen molar-refractivity contribution in [2.75, 3.05) is 23.7 Å². The lowest BCUT2D eigenvalue weighted by Gasteiger charge is -2.21. The van der Waals surface area contributed by atoms with Gasteiger partial charge in [-0.2, -0.15) is 0 Å². The second kappa shape index (κ2) is 3.95. The molecule has 86 valence electrons. The molecule has 2 nitrogen and oxygen atoms in total. The summed E-state index contributed by atoms with van der Waals surface area (Å²) in [5.41, 5.74) is 8.20. The molecule has 1 aromatic carbocycles. The molecule has 1 aliphatic carbocycles. The SMILES string of the molecule is Nc1cc(Br)ccc1N1CC2CCCC2C1. The van der Waals surface area contributed by atoms with Crippen molar-refractivity contribution in [2.24, 2.45) is 11.8 Å². The lowest BCUT2D eigenvalue weighted by molar-refractivity contribution is 0.494. The van der Waals surface area contributed by atoms with Gasteiger partial charge in [0, 0.05) is 17.6 Å². The number of benzene rings is 1. The van der Waals surface area contributed by atoms with Crippen LogP contribution < -0.4 is 10.6 Å². The van der Waals surface area contributed by atoms with Crippen molar-refractivity contribution in [3.63, 3.8) is 0 Å². The first-order chi connectivity index (χ1) is 7.74. The Morgan fingerprint density at radius 1 is 1.19 bits per heavy atom. The molecule has 2 atom stereocenters. The normalized spacial score (nSPS) is 28.4. The number of hydrogen-bond donors (Lipinski definition) is 1. The maximum absolute atomic E-state index is 6.08. The lowest BCUT2D eigenvalue weighted by atomic mass is 10.0. The third-order valence-electron chi connectivity index (χ3n) is 4.06. The second-order valence-corrected chi connectivity index (χ2v) is 5.97. The molecule has 0 bridgehead atoms. The highest BCUT2D eigenvalue weighted by atomic mass is 79.9. The van der Waals surface area contributed by atoms with E-state index in [0.717, 1.165) is 22.0 Å². The summed E-state index contributed by atoms with van der Waals surface area (Å²) in [5.74, 6) is 1.84. The zero-order chi connectivity index (χ0) is 11.1. The van der Waals surface area contributed by atoms with E-state index >= 15 is 0 Å². The fourth-order valence-electron chi connectivity index (χ4n) is 3.25. The van der Waals surface area contributed by atoms with Crippen molar-refractivity contribution in [3.8, 4) is 0 Å². The van der Waals surface area contributed by atoms with Crippen LogP contribution in [0.15, 0.2) is 22.7 Å². The average Bonchev–Trinajstić information content (AvgIpc) is 2.76. The number of nitrogens with two attached hydrogens (primary N) is 1. The van der Waals surface area contributed by atoms with Gasteiger partial charge in [-0.25, -0.2) is 0 Å². The van der Waals surface area contributed by atoms with E-state index in [0.29, 0.717) is 0 Å². The number of fused-ring (bicyclic) bond motifs is 1. The van der Waals surface area contributed by atoms with Crippen molar-refractivity contribution in [2.45, 2.75) is 19.3 Å². The largest absolute Gasteiger partial charge is 0.397 e. The molecule has 2 N–H and O–H groups in total. The molecule has 3 rings (SSSR count). The standard InChI is InChI=1S/C13H17BrN2/c14-11-4-5-13(12(15)6-11)16-7-9-2-1-3-10(9)8-16/h4-6,9-10H,1-3,7-8,15H2. The van der Waals surface area contributed by atoms with Gasteiger partial charge in [0.2, 0.25) is 0 Å². The number of rotatable bonds is 1. The Hall–Kier alpha value is -0.700. The van der Waals surface area contributed by atoms with Gasteiger partial charge in [0.25, 0.3) is 0 Å². The van der Waals surface area contributed by atoms with E-state index in [-0.39, 0.29) is 0 Å². The molecule has 2 unspecified atom stereocenters. The predicted molar refractivity (Wildman–Crippen MR) is 71.6 cm³/mol. The van der Waals surface area contributed by atoms with Crippen molar-refractivity contribution in [1.82, 2.24) is 0 Å². The molecule has 2 aliphatic rings. The van der Waals surface area contributed by atoms with Crippen molar-refractivity contribution in [1.29, 1.82) is 0 Å². The fourth-order valence-corrected chi connectivity index (χ4v) is 3.62. The Balaban J connectivity index is 1.83. The molecular formula is C13H17BrN2. The molecule has 3 heteroatoms. The smallest absolute Gasteiger partial charge is 0.0600 e. The quantitative estimate of drug-likeness (QED) is 0.800. The highest BCUT2D eigenvalue weighted by Gasteiger charge is 2.36. The fraction of sp³-hybridized carbons (Fsp3) is 0.538. The summed E-state index contributed by atoms with van der Waals surface area (Å²) in [5, 5.41) is 0. The van der Waals surface area contributed by atoms with Gasteiger partial charge >= 0.3 is 0 Å². The van der Waals surface area contributed by atoms with Gasteiger partial charge in [0.1, 0.15) is 0 Å². The predicted octanol–water partition coefficient (Wildman–Crippen LogP) is 3.27. The van der Waals surface area contributed by atoms with Crippen LogP contribution in [0.25, 0.3) is 0 Å². The molecule has 1 heterocycles. The number of hydrogen-bond acceptors (Lipinski definition) is 2. The van der Waals surface area contributed by atoms with Crippen LogP contribution in [-0.4, -0.2) is 13.1 Å². The highest BCUT2D eigenvalue weighted by molar-refractivity contribution is 9.10. The van der Waals surface area contributed by atoms with Gasteiger partial charge in [-0.05, 0) is 42.9 Å². The van der Waals surface area contributed by atoms with Crippen LogP contribution in [0.1, 0.15) is 19.3 Å². The van der Waals surface area contributed by atoms with Crippen LogP contribution in [0, 0.1) is 11.8 Å². The van der Waals surface area contributed by atoms with E-state index in [1.807, 2.05) is 6.07 Å². The summed E-state index contributed by atoms with van der Waals surface area (Å²) in [6.45, 7) is 2.41. The first kappa shape index (κ1) is 10.5. The zero-order valence-electron chi connectivity index (χ0n) is 9.32. The van der Waals surface area contributed by atoms with Crippen LogP contribution in [0.5, 0.6) is 0 Å². The molecule has 1 aliphatic heterocycles. The molecular weight excluding hydrogens is 264 g/mol. The van der Waals surface area contributed by atoms with E-state index in [4.69, 9.17) is 5.73 Å². The molecule has 1 aromatic rings. The third kappa shape index (κ3) is 1.71. The Morgan fingerprint density at radius 2 is 1.88 bits per heavy atom. The first-order valence-corrected chi connectivity index (χ1v) is 6.83. The Morgan fingerprint density at radius 3 is 2.50 bits per heavy atom.